The van der Waals surface area contributed by atoms with Crippen molar-refractivity contribution in [3.63, 3.8) is 0 Å². The van der Waals surface area contributed by atoms with Gasteiger partial charge in [-0.3, -0.25) is 23.9 Å². The van der Waals surface area contributed by atoms with Gasteiger partial charge in [-0.1, -0.05) is 63.5 Å². The Kier molecular flexibility index (Phi) is 18.3. The summed E-state index contributed by atoms with van der Waals surface area (Å²) in [5.41, 5.74) is 2.85. The standard InChI is InChI=1S/C19H16ClNO4.C16H25NO2.C4H9NO/c1-11-15(10-18(22)23)16-9-14(25-2)7-8-17(16)21(11)19(24)12-3-5-13(20)6-4-12;1-2-3-4-5-6-7-8-9-13-19-16(18)15-11-10-12-17-14-15;1-4(6)5(2)3/h3-9H,10H2,1-2H3,(H,22,23);10-12,14H,2-9,13H2,1H3;1-3H3. The van der Waals surface area contributed by atoms with E-state index in [2.05, 4.69) is 11.9 Å². The molecule has 0 aliphatic carbocycles. The zero-order valence-corrected chi connectivity index (χ0v) is 30.8. The summed E-state index contributed by atoms with van der Waals surface area (Å²) in [5, 5.41) is 10.5. The topological polar surface area (TPSA) is 128 Å². The minimum absolute atomic E-state index is 0.0926. The van der Waals surface area contributed by atoms with Gasteiger partial charge < -0.3 is 19.5 Å². The number of fused-ring (bicyclic) bond motifs is 1. The van der Waals surface area contributed by atoms with E-state index in [1.807, 2.05) is 0 Å². The molecule has 0 radical (unpaired) electrons. The summed E-state index contributed by atoms with van der Waals surface area (Å²) in [6.45, 7) is 6.03. The number of aromatic nitrogens is 2. The van der Waals surface area contributed by atoms with Crippen LogP contribution < -0.4 is 4.74 Å². The van der Waals surface area contributed by atoms with Gasteiger partial charge in [0, 0.05) is 55.1 Å². The van der Waals surface area contributed by atoms with Crippen molar-refractivity contribution in [2.45, 2.75) is 78.6 Å². The molecule has 270 valence electrons. The summed E-state index contributed by atoms with van der Waals surface area (Å²) < 4.78 is 12.0. The van der Waals surface area contributed by atoms with Gasteiger partial charge in [-0.25, -0.2) is 4.79 Å². The van der Waals surface area contributed by atoms with E-state index in [9.17, 15) is 24.3 Å². The lowest BCUT2D eigenvalue weighted by Crippen LogP contribution is -2.17. The molecule has 0 fully saturated rings. The summed E-state index contributed by atoms with van der Waals surface area (Å²) in [7, 11) is 4.99. The molecule has 2 aromatic heterocycles. The van der Waals surface area contributed by atoms with Gasteiger partial charge in [-0.05, 0) is 73.5 Å². The average molecular weight is 708 g/mol. The van der Waals surface area contributed by atoms with Crippen LogP contribution in [-0.4, -0.2) is 71.1 Å². The highest BCUT2D eigenvalue weighted by atomic mass is 35.5. The van der Waals surface area contributed by atoms with Gasteiger partial charge in [-0.15, -0.1) is 0 Å². The van der Waals surface area contributed by atoms with Gasteiger partial charge >= 0.3 is 11.9 Å². The number of rotatable bonds is 14. The maximum absolute atomic E-state index is 13.0. The van der Waals surface area contributed by atoms with Crippen LogP contribution in [0.5, 0.6) is 5.75 Å². The van der Waals surface area contributed by atoms with Crippen LogP contribution in [0.2, 0.25) is 5.02 Å². The number of hydrogen-bond donors (Lipinski definition) is 1. The normalized spacial score (nSPS) is 10.3. The van der Waals surface area contributed by atoms with Crippen molar-refractivity contribution in [2.75, 3.05) is 27.8 Å². The number of benzene rings is 2. The maximum Gasteiger partial charge on any atom is 0.339 e. The number of esters is 1. The van der Waals surface area contributed by atoms with E-state index in [1.165, 1.54) is 61.1 Å². The molecule has 50 heavy (non-hydrogen) atoms. The lowest BCUT2D eigenvalue weighted by molar-refractivity contribution is -0.136. The number of methoxy groups -OCH3 is 1. The van der Waals surface area contributed by atoms with Crippen LogP contribution >= 0.6 is 11.6 Å². The first kappa shape index (κ1) is 41.5. The minimum atomic E-state index is -0.955. The highest BCUT2D eigenvalue weighted by molar-refractivity contribution is 6.30. The van der Waals surface area contributed by atoms with Crippen molar-refractivity contribution < 1.29 is 33.8 Å². The number of amides is 1. The predicted octanol–water partition coefficient (Wildman–Crippen LogP) is 8.40. The number of nitrogens with zero attached hydrogens (tertiary/aromatic N) is 3. The van der Waals surface area contributed by atoms with Gasteiger partial charge in [0.05, 0.1) is 31.2 Å². The second-order valence-electron chi connectivity index (χ2n) is 11.9. The fraction of sp³-hybridized carbons (Fsp3) is 0.410. The average Bonchev–Trinajstić information content (AvgIpc) is 3.37. The number of pyridine rings is 1. The molecule has 2 heterocycles. The van der Waals surface area contributed by atoms with Crippen LogP contribution in [-0.2, 0) is 20.7 Å². The number of hydrogen-bond acceptors (Lipinski definition) is 7. The van der Waals surface area contributed by atoms with E-state index in [0.717, 1.165) is 12.8 Å². The molecule has 1 amide bonds. The lowest BCUT2D eigenvalue weighted by Gasteiger charge is -2.08. The molecule has 0 aliphatic heterocycles. The summed E-state index contributed by atoms with van der Waals surface area (Å²) >= 11 is 5.89. The number of unbranched alkanes of at least 4 members (excludes halogenated alkanes) is 7. The first-order valence-electron chi connectivity index (χ1n) is 16.9. The minimum Gasteiger partial charge on any atom is -0.497 e. The highest BCUT2D eigenvalue weighted by Crippen LogP contribution is 2.31. The molecule has 4 aromatic rings. The molecule has 0 spiro atoms. The number of carbonyl (C=O) groups is 4. The van der Waals surface area contributed by atoms with E-state index in [0.29, 0.717) is 50.7 Å². The SMILES string of the molecule is CC(=O)N(C)C.CCCCCCCCCCOC(=O)c1cccnc1.COc1ccc2c(c1)c(CC(=O)O)c(C)n2C(=O)c1ccc(Cl)cc1. The third kappa shape index (κ3) is 13.7. The Morgan fingerprint density at radius 2 is 1.52 bits per heavy atom. The Morgan fingerprint density at radius 1 is 0.900 bits per heavy atom. The largest absolute Gasteiger partial charge is 0.497 e. The predicted molar refractivity (Wildman–Crippen MR) is 197 cm³/mol. The Balaban J connectivity index is 0.000000307. The van der Waals surface area contributed by atoms with Crippen molar-refractivity contribution in [3.8, 4) is 5.75 Å². The molecular weight excluding hydrogens is 658 g/mol. The van der Waals surface area contributed by atoms with Crippen LogP contribution in [0.1, 0.15) is 97.2 Å². The summed E-state index contributed by atoms with van der Waals surface area (Å²) in [5.74, 6) is -0.758. The smallest absolute Gasteiger partial charge is 0.339 e. The second-order valence-corrected chi connectivity index (χ2v) is 12.4. The number of aliphatic carboxylic acids is 1. The zero-order chi connectivity index (χ0) is 37.1. The molecule has 1 N–H and O–H groups in total. The number of ether oxygens (including phenoxy) is 2. The first-order valence-corrected chi connectivity index (χ1v) is 17.2. The highest BCUT2D eigenvalue weighted by Gasteiger charge is 2.21. The number of carbonyl (C=O) groups excluding carboxylic acids is 3. The molecule has 10 nitrogen and oxygen atoms in total. The van der Waals surface area contributed by atoms with Crippen LogP contribution in [0, 0.1) is 6.92 Å². The molecule has 0 saturated carbocycles. The summed E-state index contributed by atoms with van der Waals surface area (Å²) in [6, 6.07) is 15.3. The Hall–Kier alpha value is -4.70. The fourth-order valence-electron chi connectivity index (χ4n) is 4.91. The van der Waals surface area contributed by atoms with E-state index in [-0.39, 0.29) is 24.2 Å². The molecular formula is C39H50ClN3O7. The monoisotopic (exact) mass is 707 g/mol. The maximum atomic E-state index is 13.0. The number of carboxylic acids is 1. The molecule has 2 aromatic carbocycles. The van der Waals surface area contributed by atoms with Gasteiger partial charge in [0.25, 0.3) is 5.91 Å². The second kappa shape index (κ2) is 22.1. The summed E-state index contributed by atoms with van der Waals surface area (Å²) in [6.07, 6.45) is 13.0. The third-order valence-electron chi connectivity index (χ3n) is 7.92. The molecule has 11 heteroatoms. The van der Waals surface area contributed by atoms with Crippen LogP contribution in [0.25, 0.3) is 10.9 Å². The van der Waals surface area contributed by atoms with E-state index >= 15 is 0 Å². The zero-order valence-electron chi connectivity index (χ0n) is 30.0. The number of halogens is 1. The molecule has 0 aliphatic rings. The molecule has 0 saturated heterocycles. The van der Waals surface area contributed by atoms with Crippen LogP contribution in [0.15, 0.2) is 67.0 Å². The van der Waals surface area contributed by atoms with Crippen molar-refractivity contribution in [3.05, 3.63) is 94.4 Å². The van der Waals surface area contributed by atoms with Gasteiger partial charge in [-0.2, -0.15) is 0 Å². The quantitative estimate of drug-likeness (QED) is 0.102. The Bertz CT molecular complexity index is 1670. The number of carboxylic acid groups (broad SMARTS) is 1. The molecule has 0 unspecified atom stereocenters. The van der Waals surface area contributed by atoms with Crippen molar-refractivity contribution in [2.24, 2.45) is 0 Å². The summed E-state index contributed by atoms with van der Waals surface area (Å²) in [4.78, 5) is 51.3. The fourth-order valence-corrected chi connectivity index (χ4v) is 5.04. The van der Waals surface area contributed by atoms with Gasteiger partial charge in [0.2, 0.25) is 5.91 Å². The van der Waals surface area contributed by atoms with E-state index in [1.54, 1.807) is 88.9 Å². The van der Waals surface area contributed by atoms with Crippen molar-refractivity contribution in [1.29, 1.82) is 0 Å². The third-order valence-corrected chi connectivity index (χ3v) is 8.17. The molecule has 0 atom stereocenters. The Morgan fingerprint density at radius 3 is 2.06 bits per heavy atom. The van der Waals surface area contributed by atoms with Crippen LogP contribution in [0.4, 0.5) is 0 Å². The molecule has 0 bridgehead atoms. The first-order chi connectivity index (χ1) is 23.9. The van der Waals surface area contributed by atoms with Crippen LogP contribution in [0.3, 0.4) is 0 Å². The lowest BCUT2D eigenvalue weighted by atomic mass is 10.1. The van der Waals surface area contributed by atoms with E-state index in [4.69, 9.17) is 21.1 Å². The van der Waals surface area contributed by atoms with Crippen molar-refractivity contribution in [1.82, 2.24) is 14.5 Å². The Labute approximate surface area is 300 Å². The van der Waals surface area contributed by atoms with Crippen molar-refractivity contribution >= 4 is 46.3 Å². The molecule has 4 rings (SSSR count). The van der Waals surface area contributed by atoms with Gasteiger partial charge in [0.1, 0.15) is 5.75 Å². The van der Waals surface area contributed by atoms with Gasteiger partial charge in [0.15, 0.2) is 0 Å². The van der Waals surface area contributed by atoms with E-state index < -0.39 is 5.97 Å².